The Bertz CT molecular complexity index is 381. The minimum absolute atomic E-state index is 0.00473. The van der Waals surface area contributed by atoms with Gasteiger partial charge in [-0.3, -0.25) is 9.59 Å². The van der Waals surface area contributed by atoms with E-state index in [1.54, 1.807) is 0 Å². The number of rotatable bonds is 1. The van der Waals surface area contributed by atoms with Crippen LogP contribution in [0, 0.1) is 0 Å². The topological polar surface area (TPSA) is 46.2 Å². The van der Waals surface area contributed by atoms with Crippen LogP contribution in [-0.2, 0) is 15.1 Å². The highest BCUT2D eigenvalue weighted by Gasteiger charge is 2.35. The van der Waals surface area contributed by atoms with Crippen LogP contribution in [0.15, 0.2) is 30.3 Å². The summed E-state index contributed by atoms with van der Waals surface area (Å²) in [4.78, 5) is 22.7. The SMILES string of the molecule is CC1(c2ccccc2)CC(=O)CC(=O)N1. The monoisotopic (exact) mass is 203 g/mol. The van der Waals surface area contributed by atoms with Crippen LogP contribution in [0.4, 0.5) is 0 Å². The third-order valence-corrected chi connectivity index (χ3v) is 2.73. The van der Waals surface area contributed by atoms with Crippen molar-refractivity contribution in [2.45, 2.75) is 25.3 Å². The van der Waals surface area contributed by atoms with Crippen LogP contribution in [0.5, 0.6) is 0 Å². The Kier molecular flexibility index (Phi) is 2.31. The Hall–Kier alpha value is -1.64. The van der Waals surface area contributed by atoms with Crippen LogP contribution in [-0.4, -0.2) is 11.7 Å². The van der Waals surface area contributed by atoms with E-state index in [1.807, 2.05) is 37.3 Å². The fourth-order valence-corrected chi connectivity index (χ4v) is 2.01. The molecule has 1 unspecified atom stereocenters. The molecule has 0 spiro atoms. The molecule has 1 N–H and O–H groups in total. The summed E-state index contributed by atoms with van der Waals surface area (Å²) in [5.74, 6) is -0.178. The van der Waals surface area contributed by atoms with Crippen LogP contribution in [0.1, 0.15) is 25.3 Å². The lowest BCUT2D eigenvalue weighted by atomic mass is 9.83. The summed E-state index contributed by atoms with van der Waals surface area (Å²) in [6.45, 7) is 1.89. The number of carbonyl (C=O) groups excluding carboxylic acids is 2. The average Bonchev–Trinajstić information content (AvgIpc) is 2.17. The zero-order chi connectivity index (χ0) is 10.9. The van der Waals surface area contributed by atoms with E-state index in [0.717, 1.165) is 5.56 Å². The Balaban J connectivity index is 2.34. The number of hydrogen-bond acceptors (Lipinski definition) is 2. The number of benzene rings is 1. The van der Waals surface area contributed by atoms with Gasteiger partial charge in [0.15, 0.2) is 0 Å². The summed E-state index contributed by atoms with van der Waals surface area (Å²) in [7, 11) is 0. The van der Waals surface area contributed by atoms with Gasteiger partial charge in [-0.2, -0.15) is 0 Å². The lowest BCUT2D eigenvalue weighted by molar-refractivity contribution is -0.134. The number of carbonyl (C=O) groups is 2. The molecular formula is C12H13NO2. The molecule has 2 rings (SSSR count). The molecule has 1 fully saturated rings. The largest absolute Gasteiger partial charge is 0.346 e. The van der Waals surface area contributed by atoms with E-state index in [-0.39, 0.29) is 18.1 Å². The smallest absolute Gasteiger partial charge is 0.228 e. The molecule has 1 aromatic carbocycles. The molecule has 1 amide bonds. The van der Waals surface area contributed by atoms with Gasteiger partial charge in [0.25, 0.3) is 0 Å². The van der Waals surface area contributed by atoms with Gasteiger partial charge in [0.1, 0.15) is 5.78 Å². The predicted molar refractivity (Wildman–Crippen MR) is 56.2 cm³/mol. The van der Waals surface area contributed by atoms with E-state index < -0.39 is 5.54 Å². The van der Waals surface area contributed by atoms with Crippen molar-refractivity contribution in [1.29, 1.82) is 0 Å². The van der Waals surface area contributed by atoms with E-state index in [0.29, 0.717) is 6.42 Å². The minimum Gasteiger partial charge on any atom is -0.346 e. The molecule has 1 aliphatic heterocycles. The standard InChI is InChI=1S/C12H13NO2/c1-12(9-5-3-2-4-6-9)8-10(14)7-11(15)13-12/h2-6H,7-8H2,1H3,(H,13,15). The molecule has 1 saturated heterocycles. The number of piperidine rings is 1. The Labute approximate surface area is 88.5 Å². The molecule has 0 radical (unpaired) electrons. The van der Waals surface area contributed by atoms with Crippen molar-refractivity contribution in [2.24, 2.45) is 0 Å². The van der Waals surface area contributed by atoms with Crippen molar-refractivity contribution in [3.63, 3.8) is 0 Å². The first-order valence-corrected chi connectivity index (χ1v) is 4.98. The zero-order valence-corrected chi connectivity index (χ0v) is 8.62. The maximum absolute atomic E-state index is 11.4. The number of amides is 1. The minimum atomic E-state index is -0.534. The highest BCUT2D eigenvalue weighted by molar-refractivity contribution is 6.01. The molecule has 1 heterocycles. The molecule has 78 valence electrons. The fraction of sp³-hybridized carbons (Fsp3) is 0.333. The van der Waals surface area contributed by atoms with Crippen LogP contribution in [0.2, 0.25) is 0 Å². The second-order valence-electron chi connectivity index (χ2n) is 4.14. The highest BCUT2D eigenvalue weighted by Crippen LogP contribution is 2.28. The van der Waals surface area contributed by atoms with E-state index in [9.17, 15) is 9.59 Å². The summed E-state index contributed by atoms with van der Waals surface area (Å²) in [5.41, 5.74) is 0.444. The maximum Gasteiger partial charge on any atom is 0.228 e. The number of hydrogen-bond donors (Lipinski definition) is 1. The van der Waals surface area contributed by atoms with Gasteiger partial charge in [-0.1, -0.05) is 30.3 Å². The molecule has 15 heavy (non-hydrogen) atoms. The predicted octanol–water partition coefficient (Wildman–Crippen LogP) is 1.38. The summed E-state index contributed by atoms with van der Waals surface area (Å²) < 4.78 is 0. The van der Waals surface area contributed by atoms with Gasteiger partial charge in [-0.15, -0.1) is 0 Å². The van der Waals surface area contributed by atoms with Crippen molar-refractivity contribution >= 4 is 11.7 Å². The molecule has 0 bridgehead atoms. The summed E-state index contributed by atoms with van der Waals surface area (Å²) in [6, 6.07) is 9.59. The summed E-state index contributed by atoms with van der Waals surface area (Å²) >= 11 is 0. The first-order chi connectivity index (χ1) is 7.10. The van der Waals surface area contributed by atoms with E-state index in [1.165, 1.54) is 0 Å². The van der Waals surface area contributed by atoms with Crippen LogP contribution in [0.25, 0.3) is 0 Å². The fourth-order valence-electron chi connectivity index (χ4n) is 2.01. The van der Waals surface area contributed by atoms with Crippen molar-refractivity contribution < 1.29 is 9.59 Å². The molecular weight excluding hydrogens is 190 g/mol. The average molecular weight is 203 g/mol. The van der Waals surface area contributed by atoms with Crippen molar-refractivity contribution in [2.75, 3.05) is 0 Å². The first-order valence-electron chi connectivity index (χ1n) is 4.98. The zero-order valence-electron chi connectivity index (χ0n) is 8.62. The molecule has 0 aliphatic carbocycles. The maximum atomic E-state index is 11.4. The molecule has 0 aromatic heterocycles. The van der Waals surface area contributed by atoms with Crippen LogP contribution < -0.4 is 5.32 Å². The van der Waals surface area contributed by atoms with Gasteiger partial charge in [0.2, 0.25) is 5.91 Å². The third-order valence-electron chi connectivity index (χ3n) is 2.73. The second-order valence-corrected chi connectivity index (χ2v) is 4.14. The van der Waals surface area contributed by atoms with E-state index >= 15 is 0 Å². The summed E-state index contributed by atoms with van der Waals surface area (Å²) in [5, 5.41) is 2.88. The highest BCUT2D eigenvalue weighted by atomic mass is 16.2. The van der Waals surface area contributed by atoms with Crippen LogP contribution in [0.3, 0.4) is 0 Å². The molecule has 1 aliphatic rings. The van der Waals surface area contributed by atoms with Crippen LogP contribution >= 0.6 is 0 Å². The third kappa shape index (κ3) is 1.91. The van der Waals surface area contributed by atoms with Gasteiger partial charge < -0.3 is 5.32 Å². The van der Waals surface area contributed by atoms with Gasteiger partial charge in [0, 0.05) is 6.42 Å². The lowest BCUT2D eigenvalue weighted by Crippen LogP contribution is -2.49. The number of ketones is 1. The molecule has 0 saturated carbocycles. The normalized spacial score (nSPS) is 26.2. The lowest BCUT2D eigenvalue weighted by Gasteiger charge is -2.34. The number of nitrogens with one attached hydrogen (secondary N) is 1. The Morgan fingerprint density at radius 2 is 1.87 bits per heavy atom. The van der Waals surface area contributed by atoms with E-state index in [2.05, 4.69) is 5.32 Å². The first kappa shape index (κ1) is 9.90. The second kappa shape index (κ2) is 3.50. The molecule has 1 aromatic rings. The van der Waals surface area contributed by atoms with Gasteiger partial charge >= 0.3 is 0 Å². The van der Waals surface area contributed by atoms with Crippen molar-refractivity contribution in [3.8, 4) is 0 Å². The summed E-state index contributed by atoms with van der Waals surface area (Å²) in [6.07, 6.45) is 0.394. The molecule has 1 atom stereocenters. The van der Waals surface area contributed by atoms with Crippen molar-refractivity contribution in [1.82, 2.24) is 5.32 Å². The Morgan fingerprint density at radius 3 is 2.47 bits per heavy atom. The molecule has 3 heteroatoms. The quantitative estimate of drug-likeness (QED) is 0.701. The van der Waals surface area contributed by atoms with Gasteiger partial charge in [0.05, 0.1) is 12.0 Å². The number of Topliss-reactive ketones (excluding diaryl/α,β-unsaturated/α-hetero) is 1. The van der Waals surface area contributed by atoms with Gasteiger partial charge in [-0.05, 0) is 12.5 Å². The van der Waals surface area contributed by atoms with E-state index in [4.69, 9.17) is 0 Å². The Morgan fingerprint density at radius 1 is 1.20 bits per heavy atom. The molecule has 3 nitrogen and oxygen atoms in total. The van der Waals surface area contributed by atoms with Crippen molar-refractivity contribution in [3.05, 3.63) is 35.9 Å². The van der Waals surface area contributed by atoms with Gasteiger partial charge in [-0.25, -0.2) is 0 Å².